The molecule has 5 nitrogen and oxygen atoms in total. The average molecular weight is 250 g/mol. The van der Waals surface area contributed by atoms with Crippen LogP contribution in [0.25, 0.3) is 0 Å². The van der Waals surface area contributed by atoms with Crippen LogP contribution in [-0.2, 0) is 6.54 Å². The summed E-state index contributed by atoms with van der Waals surface area (Å²) in [5.41, 5.74) is 0.891. The number of rotatable bonds is 4. The fourth-order valence-corrected chi connectivity index (χ4v) is 1.49. The lowest BCUT2D eigenvalue weighted by molar-refractivity contribution is 0.0692. The minimum Gasteiger partial charge on any atom is -0.478 e. The van der Waals surface area contributed by atoms with Gasteiger partial charge in [-0.15, -0.1) is 0 Å². The fourth-order valence-electron chi connectivity index (χ4n) is 1.49. The molecule has 0 amide bonds. The lowest BCUT2D eigenvalue weighted by atomic mass is 10.2. The number of benzene rings is 1. The normalized spacial score (nSPS) is 10.3. The number of aromatic carboxylic acids is 1. The van der Waals surface area contributed by atoms with E-state index in [-0.39, 0.29) is 5.56 Å². The van der Waals surface area contributed by atoms with Gasteiger partial charge >= 0.3 is 5.97 Å². The van der Waals surface area contributed by atoms with Gasteiger partial charge in [0.05, 0.1) is 17.8 Å². The third-order valence-electron chi connectivity index (χ3n) is 2.34. The van der Waals surface area contributed by atoms with Crippen LogP contribution in [0, 0.1) is 12.7 Å². The number of halogens is 1. The first kappa shape index (κ1) is 12.1. The lowest BCUT2D eigenvalue weighted by Crippen LogP contribution is -2.03. The maximum atomic E-state index is 13.4. The number of hydrogen-bond donors (Lipinski definition) is 2. The van der Waals surface area contributed by atoms with Crippen molar-refractivity contribution in [2.75, 3.05) is 5.32 Å². The highest BCUT2D eigenvalue weighted by molar-refractivity contribution is 5.88. The zero-order valence-electron chi connectivity index (χ0n) is 9.61. The molecule has 0 saturated heterocycles. The molecule has 6 heteroatoms. The van der Waals surface area contributed by atoms with E-state index in [2.05, 4.69) is 10.5 Å². The molecule has 1 aromatic carbocycles. The SMILES string of the molecule is Cc1cc(CNc2ccc(C(=O)O)c(F)c2)on1. The van der Waals surface area contributed by atoms with E-state index in [1.54, 1.807) is 13.0 Å². The van der Waals surface area contributed by atoms with E-state index in [0.717, 1.165) is 11.8 Å². The first-order valence-electron chi connectivity index (χ1n) is 5.25. The van der Waals surface area contributed by atoms with Crippen molar-refractivity contribution in [2.45, 2.75) is 13.5 Å². The zero-order valence-corrected chi connectivity index (χ0v) is 9.61. The zero-order chi connectivity index (χ0) is 13.1. The first-order chi connectivity index (χ1) is 8.56. The van der Waals surface area contributed by atoms with Crippen molar-refractivity contribution in [2.24, 2.45) is 0 Å². The molecule has 0 fully saturated rings. The Kier molecular flexibility index (Phi) is 3.27. The van der Waals surface area contributed by atoms with Gasteiger partial charge in [0.15, 0.2) is 5.76 Å². The maximum absolute atomic E-state index is 13.4. The molecule has 0 saturated carbocycles. The molecule has 0 unspecified atom stereocenters. The summed E-state index contributed by atoms with van der Waals surface area (Å²) in [6, 6.07) is 5.60. The Hall–Kier alpha value is -2.37. The molecule has 2 aromatic rings. The van der Waals surface area contributed by atoms with Crippen LogP contribution in [0.5, 0.6) is 0 Å². The van der Waals surface area contributed by atoms with Gasteiger partial charge < -0.3 is 14.9 Å². The van der Waals surface area contributed by atoms with E-state index in [1.807, 2.05) is 0 Å². The molecule has 0 spiro atoms. The van der Waals surface area contributed by atoms with E-state index in [4.69, 9.17) is 9.63 Å². The predicted octanol–water partition coefficient (Wildman–Crippen LogP) is 2.43. The largest absolute Gasteiger partial charge is 0.478 e. The van der Waals surface area contributed by atoms with Gasteiger partial charge in [-0.1, -0.05) is 5.16 Å². The lowest BCUT2D eigenvalue weighted by Gasteiger charge is -2.05. The van der Waals surface area contributed by atoms with Gasteiger partial charge in [0.25, 0.3) is 0 Å². The number of carboxylic acids is 1. The van der Waals surface area contributed by atoms with Gasteiger partial charge in [0.2, 0.25) is 0 Å². The summed E-state index contributed by atoms with van der Waals surface area (Å²) in [5, 5.41) is 15.3. The van der Waals surface area contributed by atoms with Gasteiger partial charge in [0.1, 0.15) is 5.82 Å². The summed E-state index contributed by atoms with van der Waals surface area (Å²) in [7, 11) is 0. The number of aromatic nitrogens is 1. The molecule has 2 N–H and O–H groups in total. The molecular weight excluding hydrogens is 239 g/mol. The molecule has 0 radical (unpaired) electrons. The number of carboxylic acid groups (broad SMARTS) is 1. The van der Waals surface area contributed by atoms with Crippen molar-refractivity contribution in [3.63, 3.8) is 0 Å². The van der Waals surface area contributed by atoms with E-state index >= 15 is 0 Å². The van der Waals surface area contributed by atoms with Crippen molar-refractivity contribution in [3.05, 3.63) is 47.1 Å². The third-order valence-corrected chi connectivity index (χ3v) is 2.34. The van der Waals surface area contributed by atoms with Crippen molar-refractivity contribution >= 4 is 11.7 Å². The van der Waals surface area contributed by atoms with Crippen molar-refractivity contribution in [1.29, 1.82) is 0 Å². The molecule has 0 aliphatic heterocycles. The molecule has 0 bridgehead atoms. The monoisotopic (exact) mass is 250 g/mol. The Balaban J connectivity index is 2.06. The highest BCUT2D eigenvalue weighted by atomic mass is 19.1. The van der Waals surface area contributed by atoms with E-state index in [1.165, 1.54) is 12.1 Å². The van der Waals surface area contributed by atoms with E-state index in [0.29, 0.717) is 18.0 Å². The summed E-state index contributed by atoms with van der Waals surface area (Å²) >= 11 is 0. The van der Waals surface area contributed by atoms with Crippen LogP contribution in [0.15, 0.2) is 28.8 Å². The number of nitrogens with one attached hydrogen (secondary N) is 1. The standard InChI is InChI=1S/C12H11FN2O3/c1-7-4-9(18-15-7)6-14-8-2-3-10(12(16)17)11(13)5-8/h2-5,14H,6H2,1H3,(H,16,17). The van der Waals surface area contributed by atoms with E-state index < -0.39 is 11.8 Å². The molecule has 0 aliphatic rings. The Morgan fingerprint density at radius 2 is 2.28 bits per heavy atom. The number of nitrogens with zero attached hydrogens (tertiary/aromatic N) is 1. The van der Waals surface area contributed by atoms with Crippen molar-refractivity contribution < 1.29 is 18.8 Å². The molecule has 1 aromatic heterocycles. The number of anilines is 1. The highest BCUT2D eigenvalue weighted by Crippen LogP contribution is 2.15. The van der Waals surface area contributed by atoms with Crippen LogP contribution < -0.4 is 5.32 Å². The minimum absolute atomic E-state index is 0.351. The van der Waals surface area contributed by atoms with Crippen LogP contribution in [0.1, 0.15) is 21.8 Å². The Morgan fingerprint density at radius 1 is 1.50 bits per heavy atom. The second kappa shape index (κ2) is 4.87. The summed E-state index contributed by atoms with van der Waals surface area (Å²) in [5.74, 6) is -1.44. The van der Waals surface area contributed by atoms with Crippen LogP contribution in [0.2, 0.25) is 0 Å². The second-order valence-corrected chi connectivity index (χ2v) is 3.79. The van der Waals surface area contributed by atoms with Crippen LogP contribution >= 0.6 is 0 Å². The summed E-state index contributed by atoms with van der Waals surface area (Å²) in [6.45, 7) is 2.15. The Labute approximate surface area is 102 Å². The summed E-state index contributed by atoms with van der Waals surface area (Å²) in [4.78, 5) is 10.6. The fraction of sp³-hybridized carbons (Fsp3) is 0.167. The average Bonchev–Trinajstić information content (AvgIpc) is 2.72. The van der Waals surface area contributed by atoms with Gasteiger partial charge in [-0.05, 0) is 25.1 Å². The van der Waals surface area contributed by atoms with Crippen LogP contribution in [0.4, 0.5) is 10.1 Å². The smallest absolute Gasteiger partial charge is 0.338 e. The van der Waals surface area contributed by atoms with Gasteiger partial charge in [-0.25, -0.2) is 9.18 Å². The van der Waals surface area contributed by atoms with Crippen molar-refractivity contribution in [3.8, 4) is 0 Å². The third kappa shape index (κ3) is 2.65. The molecule has 0 aliphatic carbocycles. The number of hydrogen-bond acceptors (Lipinski definition) is 4. The molecule has 0 atom stereocenters. The highest BCUT2D eigenvalue weighted by Gasteiger charge is 2.10. The quantitative estimate of drug-likeness (QED) is 0.871. The first-order valence-corrected chi connectivity index (χ1v) is 5.25. The van der Waals surface area contributed by atoms with Gasteiger partial charge in [-0.3, -0.25) is 0 Å². The maximum Gasteiger partial charge on any atom is 0.338 e. The van der Waals surface area contributed by atoms with Gasteiger partial charge in [-0.2, -0.15) is 0 Å². The molecular formula is C12H11FN2O3. The van der Waals surface area contributed by atoms with E-state index in [9.17, 15) is 9.18 Å². The minimum atomic E-state index is -1.29. The molecule has 18 heavy (non-hydrogen) atoms. The van der Waals surface area contributed by atoms with Crippen LogP contribution in [-0.4, -0.2) is 16.2 Å². The van der Waals surface area contributed by atoms with Crippen LogP contribution in [0.3, 0.4) is 0 Å². The number of aryl methyl sites for hydroxylation is 1. The summed E-state index contributed by atoms with van der Waals surface area (Å²) < 4.78 is 18.4. The van der Waals surface area contributed by atoms with Crippen molar-refractivity contribution in [1.82, 2.24) is 5.16 Å². The molecule has 2 rings (SSSR count). The molecule has 1 heterocycles. The second-order valence-electron chi connectivity index (χ2n) is 3.79. The predicted molar refractivity (Wildman–Crippen MR) is 61.9 cm³/mol. The molecule has 94 valence electrons. The topological polar surface area (TPSA) is 75.4 Å². The van der Waals surface area contributed by atoms with Gasteiger partial charge in [0, 0.05) is 11.8 Å². The summed E-state index contributed by atoms with van der Waals surface area (Å²) in [6.07, 6.45) is 0. The number of carbonyl (C=O) groups is 1. The Bertz CT molecular complexity index is 580. The Morgan fingerprint density at radius 3 is 2.83 bits per heavy atom.